The zero-order valence-electron chi connectivity index (χ0n) is 5.74. The quantitative estimate of drug-likeness (QED) is 0.448. The van der Waals surface area contributed by atoms with E-state index in [9.17, 15) is 13.2 Å². The molecule has 0 heterocycles. The standard InChI is InChI=1S/C7H3F3NP/c8-4-1-5(12)7(10)3(2-11)6(4)9/h1H,12H2. The Balaban J connectivity index is 3.56. The normalized spacial score (nSPS) is 9.58. The van der Waals surface area contributed by atoms with E-state index in [1.54, 1.807) is 0 Å². The number of nitriles is 1. The topological polar surface area (TPSA) is 23.8 Å². The van der Waals surface area contributed by atoms with Crippen molar-refractivity contribution in [3.8, 4) is 6.07 Å². The van der Waals surface area contributed by atoms with Gasteiger partial charge in [-0.15, -0.1) is 9.24 Å². The predicted molar refractivity (Wildman–Crippen MR) is 40.4 cm³/mol. The lowest BCUT2D eigenvalue weighted by atomic mass is 10.2. The summed E-state index contributed by atoms with van der Waals surface area (Å²) in [5, 5.41) is 8.08. The van der Waals surface area contributed by atoms with Crippen LogP contribution < -0.4 is 5.30 Å². The fourth-order valence-corrected chi connectivity index (χ4v) is 1.01. The van der Waals surface area contributed by atoms with Crippen LogP contribution in [0.25, 0.3) is 0 Å². The maximum atomic E-state index is 12.8. The molecule has 0 bridgehead atoms. The van der Waals surface area contributed by atoms with Gasteiger partial charge in [0.1, 0.15) is 11.6 Å². The van der Waals surface area contributed by atoms with E-state index in [1.165, 1.54) is 6.07 Å². The summed E-state index contributed by atoms with van der Waals surface area (Å²) in [5.41, 5.74) is -0.889. The highest BCUT2D eigenvalue weighted by molar-refractivity contribution is 7.27. The first-order valence-electron chi connectivity index (χ1n) is 2.91. The number of nitrogens with zero attached hydrogens (tertiary/aromatic N) is 1. The van der Waals surface area contributed by atoms with Crippen LogP contribution in [0.4, 0.5) is 13.2 Å². The van der Waals surface area contributed by atoms with Gasteiger partial charge in [0.25, 0.3) is 0 Å². The van der Waals surface area contributed by atoms with Crippen molar-refractivity contribution >= 4 is 14.5 Å². The second kappa shape index (κ2) is 3.12. The Hall–Kier alpha value is -1.07. The lowest BCUT2D eigenvalue weighted by molar-refractivity contribution is 0.494. The number of hydrogen-bond acceptors (Lipinski definition) is 1. The largest absolute Gasteiger partial charge is 0.205 e. The monoisotopic (exact) mass is 189 g/mol. The molecule has 1 aromatic carbocycles. The Morgan fingerprint density at radius 1 is 1.25 bits per heavy atom. The van der Waals surface area contributed by atoms with Gasteiger partial charge in [0.15, 0.2) is 17.5 Å². The molecule has 0 amide bonds. The van der Waals surface area contributed by atoms with Crippen molar-refractivity contribution in [2.75, 3.05) is 0 Å². The molecule has 0 N–H and O–H groups in total. The van der Waals surface area contributed by atoms with Gasteiger partial charge in [0, 0.05) is 5.30 Å². The van der Waals surface area contributed by atoms with E-state index in [-0.39, 0.29) is 5.30 Å². The molecule has 0 aliphatic rings. The van der Waals surface area contributed by atoms with Crippen LogP contribution in [-0.2, 0) is 0 Å². The van der Waals surface area contributed by atoms with Crippen LogP contribution in [0.15, 0.2) is 6.07 Å². The molecule has 1 aromatic rings. The third-order valence-corrected chi connectivity index (χ3v) is 1.72. The molecule has 1 atom stereocenters. The molecule has 12 heavy (non-hydrogen) atoms. The summed E-state index contributed by atoms with van der Waals surface area (Å²) in [6.45, 7) is 0. The van der Waals surface area contributed by atoms with Crippen LogP contribution in [0.3, 0.4) is 0 Å². The van der Waals surface area contributed by atoms with Crippen molar-refractivity contribution < 1.29 is 13.2 Å². The lowest BCUT2D eigenvalue weighted by Crippen LogP contribution is -2.07. The number of rotatable bonds is 0. The SMILES string of the molecule is N#Cc1c(F)c(F)cc(P)c1F. The molecule has 1 nitrogen and oxygen atoms in total. The highest BCUT2D eigenvalue weighted by Crippen LogP contribution is 2.14. The molecular formula is C7H3F3NP. The maximum Gasteiger partial charge on any atom is 0.179 e. The predicted octanol–water partition coefficient (Wildman–Crippen LogP) is 1.48. The van der Waals surface area contributed by atoms with Crippen LogP contribution >= 0.6 is 9.24 Å². The number of halogens is 3. The molecule has 0 radical (unpaired) electrons. The van der Waals surface area contributed by atoms with Gasteiger partial charge in [0.2, 0.25) is 0 Å². The summed E-state index contributed by atoms with van der Waals surface area (Å²) in [5.74, 6) is -3.71. The molecule has 0 fully saturated rings. The zero-order valence-corrected chi connectivity index (χ0v) is 6.89. The second-order valence-corrected chi connectivity index (χ2v) is 2.68. The first-order chi connectivity index (χ1) is 5.57. The van der Waals surface area contributed by atoms with Crippen LogP contribution in [0.2, 0.25) is 0 Å². The summed E-state index contributed by atoms with van der Waals surface area (Å²) in [7, 11) is 1.87. The van der Waals surface area contributed by atoms with Gasteiger partial charge in [-0.1, -0.05) is 0 Å². The molecule has 1 unspecified atom stereocenters. The van der Waals surface area contributed by atoms with Gasteiger partial charge in [-0.3, -0.25) is 0 Å². The van der Waals surface area contributed by atoms with Gasteiger partial charge >= 0.3 is 0 Å². The van der Waals surface area contributed by atoms with E-state index < -0.39 is 23.0 Å². The lowest BCUT2D eigenvalue weighted by Gasteiger charge is -2.00. The van der Waals surface area contributed by atoms with Gasteiger partial charge in [-0.05, 0) is 6.07 Å². The molecule has 0 aliphatic heterocycles. The van der Waals surface area contributed by atoms with Gasteiger partial charge in [0.05, 0.1) is 0 Å². The van der Waals surface area contributed by atoms with E-state index in [4.69, 9.17) is 5.26 Å². The minimum atomic E-state index is -1.44. The highest BCUT2D eigenvalue weighted by atomic mass is 31.0. The van der Waals surface area contributed by atoms with Gasteiger partial charge < -0.3 is 0 Å². The number of hydrogen-bond donors (Lipinski definition) is 0. The molecule has 0 aromatic heterocycles. The second-order valence-electron chi connectivity index (χ2n) is 2.06. The Bertz CT molecular complexity index is 344. The van der Waals surface area contributed by atoms with E-state index in [2.05, 4.69) is 0 Å². The summed E-state index contributed by atoms with van der Waals surface area (Å²) in [6.07, 6.45) is 0. The highest BCUT2D eigenvalue weighted by Gasteiger charge is 2.15. The first kappa shape index (κ1) is 9.02. The van der Waals surface area contributed by atoms with Crippen molar-refractivity contribution in [2.45, 2.75) is 0 Å². The van der Waals surface area contributed by atoms with Crippen molar-refractivity contribution in [2.24, 2.45) is 0 Å². The Morgan fingerprint density at radius 2 is 1.83 bits per heavy atom. The molecule has 0 aliphatic carbocycles. The van der Waals surface area contributed by atoms with Crippen molar-refractivity contribution in [1.82, 2.24) is 0 Å². The van der Waals surface area contributed by atoms with Crippen molar-refractivity contribution in [1.29, 1.82) is 5.26 Å². The van der Waals surface area contributed by atoms with E-state index in [0.29, 0.717) is 6.07 Å². The molecule has 0 saturated carbocycles. The summed E-state index contributed by atoms with van der Waals surface area (Å²) < 4.78 is 37.9. The van der Waals surface area contributed by atoms with Crippen molar-refractivity contribution in [3.63, 3.8) is 0 Å². The minimum Gasteiger partial charge on any atom is -0.205 e. The summed E-state index contributed by atoms with van der Waals surface area (Å²) >= 11 is 0. The summed E-state index contributed by atoms with van der Waals surface area (Å²) in [6, 6.07) is 1.92. The molecule has 62 valence electrons. The molecule has 0 spiro atoms. The summed E-state index contributed by atoms with van der Waals surface area (Å²) in [4.78, 5) is 0. The fraction of sp³-hybridized carbons (Fsp3) is 0. The van der Waals surface area contributed by atoms with Crippen LogP contribution in [0.5, 0.6) is 0 Å². The molecule has 1 rings (SSSR count). The molecule has 0 saturated heterocycles. The van der Waals surface area contributed by atoms with Crippen LogP contribution in [-0.4, -0.2) is 0 Å². The van der Waals surface area contributed by atoms with E-state index in [1.807, 2.05) is 9.24 Å². The van der Waals surface area contributed by atoms with Gasteiger partial charge in [-0.2, -0.15) is 5.26 Å². The van der Waals surface area contributed by atoms with Crippen LogP contribution in [0.1, 0.15) is 5.56 Å². The smallest absolute Gasteiger partial charge is 0.179 e. The average Bonchev–Trinajstić information content (AvgIpc) is 2.02. The van der Waals surface area contributed by atoms with Crippen molar-refractivity contribution in [3.05, 3.63) is 29.1 Å². The average molecular weight is 189 g/mol. The Morgan fingerprint density at radius 3 is 2.33 bits per heavy atom. The fourth-order valence-electron chi connectivity index (χ4n) is 0.722. The molecular weight excluding hydrogens is 186 g/mol. The minimum absolute atomic E-state index is 0.162. The Labute approximate surface area is 69.0 Å². The van der Waals surface area contributed by atoms with E-state index in [0.717, 1.165) is 0 Å². The third kappa shape index (κ3) is 1.28. The van der Waals surface area contributed by atoms with Gasteiger partial charge in [-0.25, -0.2) is 13.2 Å². The van der Waals surface area contributed by atoms with Crippen LogP contribution in [0, 0.1) is 28.8 Å². The third-order valence-electron chi connectivity index (χ3n) is 1.30. The Kier molecular flexibility index (Phi) is 2.35. The maximum absolute atomic E-state index is 12.8. The molecule has 5 heteroatoms. The van der Waals surface area contributed by atoms with E-state index >= 15 is 0 Å². The number of benzene rings is 1. The zero-order chi connectivity index (χ0) is 9.30. The first-order valence-corrected chi connectivity index (χ1v) is 3.48.